The molecule has 0 aliphatic rings. The molecule has 0 aliphatic heterocycles. The van der Waals surface area contributed by atoms with Gasteiger partial charge in [-0.05, 0) is 31.0 Å². The Labute approximate surface area is 184 Å². The van der Waals surface area contributed by atoms with E-state index in [1.165, 1.54) is 43.8 Å². The van der Waals surface area contributed by atoms with Gasteiger partial charge in [0.2, 0.25) is 15.9 Å². The van der Waals surface area contributed by atoms with Gasteiger partial charge in [-0.15, -0.1) is 0 Å². The van der Waals surface area contributed by atoms with Crippen LogP contribution >= 0.6 is 0 Å². The summed E-state index contributed by atoms with van der Waals surface area (Å²) in [6.07, 6.45) is 0.467. The van der Waals surface area contributed by atoms with Gasteiger partial charge >= 0.3 is 0 Å². The number of nitrogens with zero attached hydrogens (tertiary/aromatic N) is 1. The third kappa shape index (κ3) is 6.95. The van der Waals surface area contributed by atoms with Gasteiger partial charge in [-0.25, -0.2) is 8.42 Å². The Balaban J connectivity index is 2.29. The minimum atomic E-state index is -3.97. The molecule has 9 heteroatoms. The van der Waals surface area contributed by atoms with Crippen molar-refractivity contribution in [3.05, 3.63) is 54.1 Å². The molecule has 0 aromatic heterocycles. The summed E-state index contributed by atoms with van der Waals surface area (Å²) >= 11 is 0. The van der Waals surface area contributed by atoms with Gasteiger partial charge < -0.3 is 19.5 Å². The summed E-state index contributed by atoms with van der Waals surface area (Å²) in [7, 11) is 0.484. The molecular formula is C22H30N2O6S. The van der Waals surface area contributed by atoms with E-state index < -0.39 is 15.9 Å². The van der Waals surface area contributed by atoms with E-state index in [0.29, 0.717) is 24.5 Å². The Morgan fingerprint density at radius 3 is 2.32 bits per heavy atom. The standard InChI is InChI=1S/C22H30N2O6S/c1-17(16-28-2)23-22(25)15-24(13-12-18-8-6-5-7-9-18)31(26,27)19-10-11-20(29-3)21(14-19)30-4/h5-11,14,17H,12-13,15-16H2,1-4H3,(H,23,25)/t17-/m0/s1. The summed E-state index contributed by atoms with van der Waals surface area (Å²) in [5.74, 6) is 0.315. The fourth-order valence-electron chi connectivity index (χ4n) is 3.08. The molecule has 2 aromatic carbocycles. The number of methoxy groups -OCH3 is 3. The van der Waals surface area contributed by atoms with E-state index in [0.717, 1.165) is 5.56 Å². The SMILES string of the molecule is COC[C@H](C)NC(=O)CN(CCc1ccccc1)S(=O)(=O)c1ccc(OC)c(OC)c1. The molecule has 0 unspecified atom stereocenters. The van der Waals surface area contributed by atoms with E-state index in [1.54, 1.807) is 6.92 Å². The summed E-state index contributed by atoms with van der Waals surface area (Å²) in [4.78, 5) is 12.6. The second-order valence-corrected chi connectivity index (χ2v) is 8.95. The largest absolute Gasteiger partial charge is 0.493 e. The first-order valence-electron chi connectivity index (χ1n) is 9.86. The van der Waals surface area contributed by atoms with E-state index in [1.807, 2.05) is 30.3 Å². The molecule has 0 radical (unpaired) electrons. The highest BCUT2D eigenvalue weighted by atomic mass is 32.2. The lowest BCUT2D eigenvalue weighted by Crippen LogP contribution is -2.45. The normalized spacial score (nSPS) is 12.4. The number of hydrogen-bond donors (Lipinski definition) is 1. The van der Waals surface area contributed by atoms with Crippen molar-refractivity contribution >= 4 is 15.9 Å². The molecule has 0 saturated heterocycles. The van der Waals surface area contributed by atoms with Gasteiger partial charge in [0.15, 0.2) is 11.5 Å². The summed E-state index contributed by atoms with van der Waals surface area (Å²) in [6, 6.07) is 13.6. The molecule has 0 fully saturated rings. The number of hydrogen-bond acceptors (Lipinski definition) is 6. The third-order valence-corrected chi connectivity index (χ3v) is 6.47. The summed E-state index contributed by atoms with van der Waals surface area (Å²) in [5, 5.41) is 2.76. The van der Waals surface area contributed by atoms with Crippen LogP contribution in [0.15, 0.2) is 53.4 Å². The predicted octanol–water partition coefficient (Wildman–Crippen LogP) is 2.09. The lowest BCUT2D eigenvalue weighted by Gasteiger charge is -2.23. The van der Waals surface area contributed by atoms with Gasteiger partial charge in [0.25, 0.3) is 0 Å². The summed E-state index contributed by atoms with van der Waals surface area (Å²) in [5.41, 5.74) is 0.975. The van der Waals surface area contributed by atoms with Crippen molar-refractivity contribution in [1.29, 1.82) is 0 Å². The second kappa shape index (κ2) is 11.7. The van der Waals surface area contributed by atoms with Crippen LogP contribution in [0.2, 0.25) is 0 Å². The van der Waals surface area contributed by atoms with Gasteiger partial charge in [-0.2, -0.15) is 4.31 Å². The number of amides is 1. The Morgan fingerprint density at radius 1 is 1.03 bits per heavy atom. The van der Waals surface area contributed by atoms with E-state index in [9.17, 15) is 13.2 Å². The Hall–Kier alpha value is -2.62. The molecule has 0 aliphatic carbocycles. The van der Waals surface area contributed by atoms with Crippen molar-refractivity contribution in [3.8, 4) is 11.5 Å². The molecule has 0 saturated carbocycles. The average molecular weight is 451 g/mol. The maximum Gasteiger partial charge on any atom is 0.243 e. The predicted molar refractivity (Wildman–Crippen MR) is 118 cm³/mol. The Kier molecular flexibility index (Phi) is 9.29. The number of sulfonamides is 1. The summed E-state index contributed by atoms with van der Waals surface area (Å²) in [6.45, 7) is 1.96. The molecule has 2 rings (SSSR count). The van der Waals surface area contributed by atoms with Gasteiger partial charge in [0, 0.05) is 25.8 Å². The van der Waals surface area contributed by atoms with E-state index in [-0.39, 0.29) is 24.0 Å². The molecular weight excluding hydrogens is 420 g/mol. The number of benzene rings is 2. The molecule has 0 bridgehead atoms. The van der Waals surface area contributed by atoms with Crippen LogP contribution in [0.1, 0.15) is 12.5 Å². The first-order chi connectivity index (χ1) is 14.8. The van der Waals surface area contributed by atoms with Crippen LogP contribution in [0.5, 0.6) is 11.5 Å². The smallest absolute Gasteiger partial charge is 0.243 e. The molecule has 8 nitrogen and oxygen atoms in total. The van der Waals surface area contributed by atoms with Gasteiger partial charge in [-0.1, -0.05) is 30.3 Å². The van der Waals surface area contributed by atoms with Crippen LogP contribution in [0.4, 0.5) is 0 Å². The molecule has 1 amide bonds. The fraction of sp³-hybridized carbons (Fsp3) is 0.409. The van der Waals surface area contributed by atoms with Crippen LogP contribution in [-0.4, -0.2) is 65.7 Å². The molecule has 0 spiro atoms. The molecule has 0 heterocycles. The number of ether oxygens (including phenoxy) is 3. The first-order valence-corrected chi connectivity index (χ1v) is 11.3. The lowest BCUT2D eigenvalue weighted by molar-refractivity contribution is -0.122. The molecule has 1 N–H and O–H groups in total. The van der Waals surface area contributed by atoms with E-state index in [4.69, 9.17) is 14.2 Å². The minimum Gasteiger partial charge on any atom is -0.493 e. The highest BCUT2D eigenvalue weighted by Crippen LogP contribution is 2.30. The fourth-order valence-corrected chi connectivity index (χ4v) is 4.49. The lowest BCUT2D eigenvalue weighted by atomic mass is 10.1. The number of carbonyl (C=O) groups excluding carboxylic acids is 1. The zero-order chi connectivity index (χ0) is 22.9. The monoisotopic (exact) mass is 450 g/mol. The van der Waals surface area contributed by atoms with Crippen LogP contribution in [-0.2, 0) is 26.0 Å². The maximum atomic E-state index is 13.4. The van der Waals surface area contributed by atoms with Crippen molar-refractivity contribution < 1.29 is 27.4 Å². The maximum absolute atomic E-state index is 13.4. The minimum absolute atomic E-state index is 0.0240. The number of nitrogens with one attached hydrogen (secondary N) is 1. The second-order valence-electron chi connectivity index (χ2n) is 7.01. The zero-order valence-electron chi connectivity index (χ0n) is 18.3. The molecule has 170 valence electrons. The molecule has 2 aromatic rings. The molecule has 1 atom stereocenters. The van der Waals surface area contributed by atoms with Crippen molar-refractivity contribution in [1.82, 2.24) is 9.62 Å². The zero-order valence-corrected chi connectivity index (χ0v) is 19.1. The summed E-state index contributed by atoms with van der Waals surface area (Å²) < 4.78 is 43.4. The average Bonchev–Trinajstić information content (AvgIpc) is 2.76. The van der Waals surface area contributed by atoms with Gasteiger partial charge in [0.05, 0.1) is 32.3 Å². The number of rotatable bonds is 12. The van der Waals surface area contributed by atoms with Crippen LogP contribution < -0.4 is 14.8 Å². The van der Waals surface area contributed by atoms with Crippen molar-refractivity contribution in [3.63, 3.8) is 0 Å². The topological polar surface area (TPSA) is 94.2 Å². The van der Waals surface area contributed by atoms with Crippen molar-refractivity contribution in [2.45, 2.75) is 24.3 Å². The first kappa shape index (κ1) is 24.6. The van der Waals surface area contributed by atoms with Gasteiger partial charge in [-0.3, -0.25) is 4.79 Å². The Bertz CT molecular complexity index is 950. The van der Waals surface area contributed by atoms with Crippen LogP contribution in [0.25, 0.3) is 0 Å². The molecule has 31 heavy (non-hydrogen) atoms. The van der Waals surface area contributed by atoms with Crippen LogP contribution in [0, 0.1) is 0 Å². The van der Waals surface area contributed by atoms with Crippen LogP contribution in [0.3, 0.4) is 0 Å². The van der Waals surface area contributed by atoms with E-state index in [2.05, 4.69) is 5.32 Å². The number of carbonyl (C=O) groups is 1. The Morgan fingerprint density at radius 2 is 1.71 bits per heavy atom. The van der Waals surface area contributed by atoms with Crippen molar-refractivity contribution in [2.24, 2.45) is 0 Å². The highest BCUT2D eigenvalue weighted by molar-refractivity contribution is 7.89. The van der Waals surface area contributed by atoms with Crippen molar-refractivity contribution in [2.75, 3.05) is 41.0 Å². The van der Waals surface area contributed by atoms with E-state index >= 15 is 0 Å². The highest BCUT2D eigenvalue weighted by Gasteiger charge is 2.28. The quantitative estimate of drug-likeness (QED) is 0.532. The third-order valence-electron chi connectivity index (χ3n) is 4.63. The van der Waals surface area contributed by atoms with Gasteiger partial charge in [0.1, 0.15) is 0 Å².